The van der Waals surface area contributed by atoms with Crippen molar-refractivity contribution in [2.24, 2.45) is 0 Å². The van der Waals surface area contributed by atoms with Crippen LogP contribution < -0.4 is 0 Å². The minimum absolute atomic E-state index is 0.511. The van der Waals surface area contributed by atoms with Gasteiger partial charge in [-0.1, -0.05) is 86.7 Å². The highest BCUT2D eigenvalue weighted by Crippen LogP contribution is 2.43. The Balaban J connectivity index is 0.00000117. The molecule has 1 aromatic carbocycles. The highest BCUT2D eigenvalue weighted by molar-refractivity contribution is 9.10. The number of benzene rings is 1. The summed E-state index contributed by atoms with van der Waals surface area (Å²) in [5.74, 6) is 0.724. The summed E-state index contributed by atoms with van der Waals surface area (Å²) in [5, 5.41) is 1.39. The number of hydrogen-bond donors (Lipinski definition) is 0. The van der Waals surface area contributed by atoms with Gasteiger partial charge in [-0.25, -0.2) is 4.98 Å². The SMILES string of the molecule is C=C/C=C(\C=C/C)c1oc2ncc(Br)c(Cl)c2c1-c1ccccc1.CC. The fourth-order valence-corrected chi connectivity index (χ4v) is 3.13. The van der Waals surface area contributed by atoms with Crippen molar-refractivity contribution in [3.05, 3.63) is 82.7 Å². The first-order valence-electron chi connectivity index (χ1n) is 8.45. The van der Waals surface area contributed by atoms with Gasteiger partial charge in [0, 0.05) is 17.3 Å². The summed E-state index contributed by atoms with van der Waals surface area (Å²) in [7, 11) is 0. The molecule has 0 atom stereocenters. The molecule has 0 saturated carbocycles. The molecule has 0 aliphatic heterocycles. The molecule has 0 aliphatic rings. The van der Waals surface area contributed by atoms with E-state index in [0.717, 1.165) is 32.3 Å². The lowest BCUT2D eigenvalue weighted by Crippen LogP contribution is -1.85. The monoisotopic (exact) mass is 429 g/mol. The van der Waals surface area contributed by atoms with Crippen molar-refractivity contribution in [1.82, 2.24) is 4.98 Å². The summed E-state index contributed by atoms with van der Waals surface area (Å²) in [5.41, 5.74) is 3.37. The third kappa shape index (κ3) is 4.00. The lowest BCUT2D eigenvalue weighted by molar-refractivity contribution is 0.590. The molecule has 0 radical (unpaired) electrons. The third-order valence-electron chi connectivity index (χ3n) is 3.58. The van der Waals surface area contributed by atoms with E-state index in [1.54, 1.807) is 12.3 Å². The summed E-state index contributed by atoms with van der Waals surface area (Å²) >= 11 is 10.00. The number of halogens is 2. The van der Waals surface area contributed by atoms with Gasteiger partial charge in [-0.2, -0.15) is 0 Å². The number of hydrogen-bond acceptors (Lipinski definition) is 2. The molecule has 2 nitrogen and oxygen atoms in total. The van der Waals surface area contributed by atoms with Gasteiger partial charge in [0.05, 0.1) is 14.9 Å². The van der Waals surface area contributed by atoms with Crippen LogP contribution in [0.15, 0.2) is 76.3 Å². The number of furan rings is 1. The Morgan fingerprint density at radius 1 is 1.23 bits per heavy atom. The number of fused-ring (bicyclic) bond motifs is 1. The van der Waals surface area contributed by atoms with Crippen molar-refractivity contribution in [1.29, 1.82) is 0 Å². The average molecular weight is 431 g/mol. The smallest absolute Gasteiger partial charge is 0.228 e. The number of nitrogens with zero attached hydrogens (tertiary/aromatic N) is 1. The summed E-state index contributed by atoms with van der Waals surface area (Å²) in [6.45, 7) is 9.76. The Morgan fingerprint density at radius 3 is 2.54 bits per heavy atom. The highest BCUT2D eigenvalue weighted by Gasteiger charge is 2.22. The largest absolute Gasteiger partial charge is 0.437 e. The maximum absolute atomic E-state index is 6.55. The summed E-state index contributed by atoms with van der Waals surface area (Å²) in [4.78, 5) is 4.38. The second kappa shape index (κ2) is 9.56. The van der Waals surface area contributed by atoms with Crippen LogP contribution >= 0.6 is 27.5 Å². The van der Waals surface area contributed by atoms with Crippen LogP contribution in [0, 0.1) is 0 Å². The van der Waals surface area contributed by atoms with E-state index in [-0.39, 0.29) is 0 Å². The Bertz CT molecular complexity index is 955. The predicted octanol–water partition coefficient (Wildman–Crippen LogP) is 8.08. The lowest BCUT2D eigenvalue weighted by atomic mass is 9.99. The van der Waals surface area contributed by atoms with Gasteiger partial charge in [0.2, 0.25) is 5.71 Å². The van der Waals surface area contributed by atoms with Crippen LogP contribution in [0.4, 0.5) is 0 Å². The lowest BCUT2D eigenvalue weighted by Gasteiger charge is -2.05. The van der Waals surface area contributed by atoms with E-state index >= 15 is 0 Å². The molecule has 134 valence electrons. The molecule has 26 heavy (non-hydrogen) atoms. The highest BCUT2D eigenvalue weighted by atomic mass is 79.9. The number of aromatic nitrogens is 1. The molecule has 0 bridgehead atoms. The molecule has 0 N–H and O–H groups in total. The van der Waals surface area contributed by atoms with Gasteiger partial charge in [0.1, 0.15) is 5.76 Å². The van der Waals surface area contributed by atoms with Gasteiger partial charge in [-0.3, -0.25) is 0 Å². The minimum Gasteiger partial charge on any atom is -0.437 e. The van der Waals surface area contributed by atoms with Crippen molar-refractivity contribution in [3.63, 3.8) is 0 Å². The first-order chi connectivity index (χ1) is 12.7. The zero-order chi connectivity index (χ0) is 19.1. The van der Waals surface area contributed by atoms with Gasteiger partial charge in [-0.05, 0) is 28.4 Å². The van der Waals surface area contributed by atoms with E-state index in [1.165, 1.54) is 0 Å². The van der Waals surface area contributed by atoms with Crippen molar-refractivity contribution in [2.75, 3.05) is 0 Å². The zero-order valence-corrected chi connectivity index (χ0v) is 17.4. The molecule has 2 aromatic heterocycles. The molecule has 0 unspecified atom stereocenters. The van der Waals surface area contributed by atoms with E-state index in [1.807, 2.05) is 69.3 Å². The topological polar surface area (TPSA) is 26.0 Å². The summed E-state index contributed by atoms with van der Waals surface area (Å²) < 4.78 is 6.81. The van der Waals surface area contributed by atoms with Crippen LogP contribution in [0.2, 0.25) is 5.02 Å². The molecular weight excluding hydrogens is 410 g/mol. The minimum atomic E-state index is 0.511. The standard InChI is InChI=1S/C20H15BrClNO.C2H6/c1-3-8-14(9-4-2)19-16(13-10-6-5-7-11-13)17-18(22)15(21)12-23-20(17)24-19;1-2/h3-12H,1H2,2H3;1-2H3/b9-4-,14-8+;. The Hall–Kier alpha value is -2.10. The van der Waals surface area contributed by atoms with Crippen LogP contribution in [0.25, 0.3) is 27.8 Å². The van der Waals surface area contributed by atoms with Crippen molar-refractivity contribution >= 4 is 44.2 Å². The number of rotatable bonds is 4. The fourth-order valence-electron chi connectivity index (χ4n) is 2.60. The Labute approximate surface area is 168 Å². The average Bonchev–Trinajstić information content (AvgIpc) is 3.07. The molecular formula is C22H21BrClNO. The van der Waals surface area contributed by atoms with Crippen LogP contribution in [-0.2, 0) is 0 Å². The molecule has 3 aromatic rings. The molecule has 0 spiro atoms. The Kier molecular flexibility index (Phi) is 7.43. The van der Waals surface area contributed by atoms with E-state index in [9.17, 15) is 0 Å². The quantitative estimate of drug-likeness (QED) is 0.391. The third-order valence-corrected chi connectivity index (χ3v) is 4.80. The van der Waals surface area contributed by atoms with Crippen LogP contribution in [-0.4, -0.2) is 4.98 Å². The van der Waals surface area contributed by atoms with Crippen LogP contribution in [0.1, 0.15) is 26.5 Å². The van der Waals surface area contributed by atoms with Gasteiger partial charge < -0.3 is 4.42 Å². The van der Waals surface area contributed by atoms with E-state index < -0.39 is 0 Å². The van der Waals surface area contributed by atoms with Gasteiger partial charge >= 0.3 is 0 Å². The van der Waals surface area contributed by atoms with Gasteiger partial charge in [0.15, 0.2) is 0 Å². The second-order valence-electron chi connectivity index (χ2n) is 5.13. The maximum Gasteiger partial charge on any atom is 0.228 e. The maximum atomic E-state index is 6.55. The molecule has 0 saturated heterocycles. The Morgan fingerprint density at radius 2 is 1.92 bits per heavy atom. The first kappa shape index (κ1) is 20.2. The van der Waals surface area contributed by atoms with Crippen LogP contribution in [0.3, 0.4) is 0 Å². The summed E-state index contributed by atoms with van der Waals surface area (Å²) in [6, 6.07) is 10.0. The van der Waals surface area contributed by atoms with E-state index in [2.05, 4.69) is 27.5 Å². The molecule has 2 heterocycles. The molecule has 3 rings (SSSR count). The molecule has 0 amide bonds. The summed E-state index contributed by atoms with van der Waals surface area (Å²) in [6.07, 6.45) is 9.24. The molecule has 0 aliphatic carbocycles. The van der Waals surface area contributed by atoms with Crippen molar-refractivity contribution in [3.8, 4) is 11.1 Å². The van der Waals surface area contributed by atoms with Crippen LogP contribution in [0.5, 0.6) is 0 Å². The van der Waals surface area contributed by atoms with Gasteiger partial charge in [0.25, 0.3) is 0 Å². The van der Waals surface area contributed by atoms with E-state index in [4.69, 9.17) is 16.0 Å². The first-order valence-corrected chi connectivity index (χ1v) is 9.62. The number of allylic oxidation sites excluding steroid dienone is 5. The van der Waals surface area contributed by atoms with Crippen molar-refractivity contribution < 1.29 is 4.42 Å². The second-order valence-corrected chi connectivity index (χ2v) is 6.36. The normalized spacial score (nSPS) is 11.5. The van der Waals surface area contributed by atoms with E-state index in [0.29, 0.717) is 10.7 Å². The molecule has 0 fully saturated rings. The van der Waals surface area contributed by atoms with Gasteiger partial charge in [-0.15, -0.1) is 0 Å². The van der Waals surface area contributed by atoms with Crippen molar-refractivity contribution in [2.45, 2.75) is 20.8 Å². The number of pyridine rings is 1. The zero-order valence-electron chi connectivity index (χ0n) is 15.1. The molecule has 4 heteroatoms. The fraction of sp³-hybridized carbons (Fsp3) is 0.136. The predicted molar refractivity (Wildman–Crippen MR) is 116 cm³/mol.